The zero-order valence-corrected chi connectivity index (χ0v) is 8.87. The molecule has 0 aromatic carbocycles. The highest BCUT2D eigenvalue weighted by atomic mass is 32.3. The molecule has 0 aromatic rings. The number of sulfone groups is 1. The van der Waals surface area contributed by atoms with Gasteiger partial charge in [0.2, 0.25) is 10.0 Å². The van der Waals surface area contributed by atoms with Crippen LogP contribution in [0.1, 0.15) is 13.8 Å². The number of sulfonamides is 1. The quantitative estimate of drug-likeness (QED) is 0.673. The summed E-state index contributed by atoms with van der Waals surface area (Å²) in [4.78, 5) is 0. The summed E-state index contributed by atoms with van der Waals surface area (Å²) in [6, 6.07) is -0.281. The highest BCUT2D eigenvalue weighted by Gasteiger charge is 2.18. The van der Waals surface area contributed by atoms with Gasteiger partial charge >= 0.3 is 0 Å². The zero-order valence-electron chi connectivity index (χ0n) is 7.23. The van der Waals surface area contributed by atoms with Gasteiger partial charge in [-0.15, -0.1) is 0 Å². The zero-order chi connectivity index (χ0) is 9.99. The van der Waals surface area contributed by atoms with E-state index in [1.54, 1.807) is 13.8 Å². The Kier molecular flexibility index (Phi) is 3.67. The minimum Gasteiger partial charge on any atom is -0.228 e. The third-order valence-corrected chi connectivity index (χ3v) is 4.57. The molecule has 0 atom stereocenters. The van der Waals surface area contributed by atoms with E-state index in [9.17, 15) is 16.8 Å². The predicted octanol–water partition coefficient (Wildman–Crippen LogP) is -0.684. The first kappa shape index (κ1) is 11.9. The van der Waals surface area contributed by atoms with Crippen molar-refractivity contribution in [3.8, 4) is 0 Å². The average Bonchev–Trinajstić information content (AvgIpc) is 1.48. The third kappa shape index (κ3) is 6.56. The first-order valence-electron chi connectivity index (χ1n) is 3.30. The van der Waals surface area contributed by atoms with Crippen molar-refractivity contribution in [1.29, 1.82) is 0 Å². The van der Waals surface area contributed by atoms with Crippen molar-refractivity contribution in [2.75, 3.05) is 11.3 Å². The number of rotatable bonds is 4. The van der Waals surface area contributed by atoms with E-state index >= 15 is 0 Å². The Balaban J connectivity index is 4.47. The molecule has 0 saturated carbocycles. The molecule has 0 bridgehead atoms. The summed E-state index contributed by atoms with van der Waals surface area (Å²) < 4.78 is 45.3. The standard InChI is InChI=1S/C5H13NO4S2/c1-5(2)6-12(9,10)4-11(3,7)8/h5-6H,4H2,1-3H3. The summed E-state index contributed by atoms with van der Waals surface area (Å²) in [7, 11) is -7.15. The van der Waals surface area contributed by atoms with Gasteiger partial charge in [0.15, 0.2) is 14.9 Å². The normalized spacial score (nSPS) is 13.7. The van der Waals surface area contributed by atoms with E-state index in [4.69, 9.17) is 0 Å². The summed E-state index contributed by atoms with van der Waals surface area (Å²) in [6.45, 7) is 3.25. The summed E-state index contributed by atoms with van der Waals surface area (Å²) in [5.41, 5.74) is 0. The van der Waals surface area contributed by atoms with Crippen LogP contribution in [0.4, 0.5) is 0 Å². The Morgan fingerprint density at radius 3 is 1.83 bits per heavy atom. The van der Waals surface area contributed by atoms with E-state index in [0.717, 1.165) is 6.26 Å². The molecular weight excluding hydrogens is 202 g/mol. The molecule has 0 amide bonds. The van der Waals surface area contributed by atoms with Crippen molar-refractivity contribution in [1.82, 2.24) is 4.72 Å². The topological polar surface area (TPSA) is 80.3 Å². The second-order valence-corrected chi connectivity index (χ2v) is 7.19. The first-order chi connectivity index (χ1) is 5.12. The van der Waals surface area contributed by atoms with Crippen LogP contribution in [0.5, 0.6) is 0 Å². The van der Waals surface area contributed by atoms with Crippen molar-refractivity contribution >= 4 is 19.9 Å². The van der Waals surface area contributed by atoms with Gasteiger partial charge in [-0.1, -0.05) is 0 Å². The molecule has 0 aromatic heterocycles. The van der Waals surface area contributed by atoms with Crippen LogP contribution >= 0.6 is 0 Å². The molecule has 0 saturated heterocycles. The van der Waals surface area contributed by atoms with Gasteiger partial charge in [-0.2, -0.15) is 0 Å². The highest BCUT2D eigenvalue weighted by molar-refractivity contribution is 8.06. The van der Waals surface area contributed by atoms with Crippen molar-refractivity contribution in [2.24, 2.45) is 0 Å². The third-order valence-electron chi connectivity index (χ3n) is 0.784. The molecule has 74 valence electrons. The fraction of sp³-hybridized carbons (Fsp3) is 1.00. The summed E-state index contributed by atoms with van der Waals surface area (Å²) in [6.07, 6.45) is 0.882. The molecule has 0 spiro atoms. The van der Waals surface area contributed by atoms with Gasteiger partial charge in [-0.3, -0.25) is 0 Å². The van der Waals surface area contributed by atoms with Crippen LogP contribution in [-0.2, 0) is 19.9 Å². The van der Waals surface area contributed by atoms with Gasteiger partial charge < -0.3 is 0 Å². The van der Waals surface area contributed by atoms with Gasteiger partial charge in [0, 0.05) is 12.3 Å². The maximum atomic E-state index is 11.0. The smallest absolute Gasteiger partial charge is 0.226 e. The lowest BCUT2D eigenvalue weighted by Gasteiger charge is -2.07. The highest BCUT2D eigenvalue weighted by Crippen LogP contribution is 1.93. The molecule has 1 N–H and O–H groups in total. The van der Waals surface area contributed by atoms with E-state index in [1.807, 2.05) is 0 Å². The molecular formula is C5H13NO4S2. The molecule has 0 aliphatic carbocycles. The molecule has 0 aliphatic heterocycles. The Hall–Kier alpha value is -0.140. The van der Waals surface area contributed by atoms with E-state index in [1.165, 1.54) is 0 Å². The van der Waals surface area contributed by atoms with Crippen LogP contribution in [0.25, 0.3) is 0 Å². The van der Waals surface area contributed by atoms with E-state index in [0.29, 0.717) is 0 Å². The Morgan fingerprint density at radius 1 is 1.17 bits per heavy atom. The molecule has 0 fully saturated rings. The summed E-state index contributed by atoms with van der Waals surface area (Å²) in [5, 5.41) is -0.849. The Morgan fingerprint density at radius 2 is 1.58 bits per heavy atom. The maximum Gasteiger partial charge on any atom is 0.226 e. The fourth-order valence-corrected chi connectivity index (χ4v) is 3.92. The average molecular weight is 215 g/mol. The van der Waals surface area contributed by atoms with Crippen LogP contribution in [0, 0.1) is 0 Å². The fourth-order valence-electron chi connectivity index (χ4n) is 0.675. The van der Waals surface area contributed by atoms with Gasteiger partial charge in [-0.05, 0) is 13.8 Å². The van der Waals surface area contributed by atoms with E-state index in [2.05, 4.69) is 4.72 Å². The second kappa shape index (κ2) is 3.71. The minimum absolute atomic E-state index is 0.281. The van der Waals surface area contributed by atoms with Crippen LogP contribution in [0.15, 0.2) is 0 Å². The van der Waals surface area contributed by atoms with Crippen LogP contribution in [-0.4, -0.2) is 34.2 Å². The van der Waals surface area contributed by atoms with Crippen molar-refractivity contribution < 1.29 is 16.8 Å². The lowest BCUT2D eigenvalue weighted by molar-refractivity contribution is 0.571. The largest absolute Gasteiger partial charge is 0.228 e. The molecule has 0 unspecified atom stereocenters. The first-order valence-corrected chi connectivity index (χ1v) is 7.01. The second-order valence-electron chi connectivity index (χ2n) is 2.93. The number of nitrogens with one attached hydrogen (secondary N) is 1. The summed E-state index contributed by atoms with van der Waals surface area (Å²) >= 11 is 0. The van der Waals surface area contributed by atoms with Crippen LogP contribution in [0.3, 0.4) is 0 Å². The van der Waals surface area contributed by atoms with Crippen LogP contribution < -0.4 is 4.72 Å². The Labute approximate surface area is 73.1 Å². The molecule has 12 heavy (non-hydrogen) atoms. The maximum absolute atomic E-state index is 11.0. The number of hydrogen-bond donors (Lipinski definition) is 1. The van der Waals surface area contributed by atoms with Crippen LogP contribution in [0.2, 0.25) is 0 Å². The van der Waals surface area contributed by atoms with Gasteiger partial charge in [-0.25, -0.2) is 21.6 Å². The lowest BCUT2D eigenvalue weighted by atomic mass is 10.4. The molecule has 0 rings (SSSR count). The summed E-state index contributed by atoms with van der Waals surface area (Å²) in [5.74, 6) is 0. The predicted molar refractivity (Wildman–Crippen MR) is 46.9 cm³/mol. The molecule has 7 heteroatoms. The number of hydrogen-bond acceptors (Lipinski definition) is 4. The van der Waals surface area contributed by atoms with Crippen molar-refractivity contribution in [3.63, 3.8) is 0 Å². The lowest BCUT2D eigenvalue weighted by Crippen LogP contribution is -2.34. The SMILES string of the molecule is CC(C)NS(=O)(=O)CS(C)(=O)=O. The monoisotopic (exact) mass is 215 g/mol. The van der Waals surface area contributed by atoms with E-state index in [-0.39, 0.29) is 6.04 Å². The molecule has 5 nitrogen and oxygen atoms in total. The molecule has 0 aliphatic rings. The van der Waals surface area contributed by atoms with Gasteiger partial charge in [0.25, 0.3) is 0 Å². The Bertz CT molecular complexity index is 326. The molecule has 0 heterocycles. The van der Waals surface area contributed by atoms with Crippen molar-refractivity contribution in [3.05, 3.63) is 0 Å². The van der Waals surface area contributed by atoms with Gasteiger partial charge in [0.05, 0.1) is 0 Å². The molecule has 0 radical (unpaired) electrons. The van der Waals surface area contributed by atoms with Gasteiger partial charge in [0.1, 0.15) is 0 Å². The van der Waals surface area contributed by atoms with Crippen molar-refractivity contribution in [2.45, 2.75) is 19.9 Å². The van der Waals surface area contributed by atoms with E-state index < -0.39 is 24.9 Å². The minimum atomic E-state index is -3.68.